The van der Waals surface area contributed by atoms with E-state index in [0.29, 0.717) is 12.1 Å². The van der Waals surface area contributed by atoms with E-state index in [1.165, 1.54) is 4.68 Å². The lowest BCUT2D eigenvalue weighted by molar-refractivity contribution is -0.139. The largest absolute Gasteiger partial charge is 0.463 e. The van der Waals surface area contributed by atoms with Crippen LogP contribution in [0.5, 0.6) is 0 Å². The Morgan fingerprint density at radius 1 is 1.36 bits per heavy atom. The molecule has 25 heavy (non-hydrogen) atoms. The number of allylic oxidation sites excluding steroid dienone is 1. The van der Waals surface area contributed by atoms with Crippen LogP contribution in [-0.2, 0) is 9.53 Å². The molecular weight excluding hydrogens is 332 g/mol. The molecule has 3 rings (SSSR count). The van der Waals surface area contributed by atoms with E-state index in [1.54, 1.807) is 6.92 Å². The highest BCUT2D eigenvalue weighted by Gasteiger charge is 2.37. The number of esters is 1. The highest BCUT2D eigenvalue weighted by molar-refractivity contribution is 5.92. The first-order valence-corrected chi connectivity index (χ1v) is 7.96. The molecule has 0 spiro atoms. The molecule has 0 radical (unpaired) electrons. The number of halogens is 2. The second-order valence-electron chi connectivity index (χ2n) is 5.50. The molecule has 0 saturated heterocycles. The molecule has 0 bridgehead atoms. The van der Waals surface area contributed by atoms with Gasteiger partial charge in [-0.2, -0.15) is 4.68 Å². The maximum atomic E-state index is 14.4. The van der Waals surface area contributed by atoms with Crippen LogP contribution in [0.15, 0.2) is 29.5 Å². The van der Waals surface area contributed by atoms with Crippen molar-refractivity contribution in [2.24, 2.45) is 0 Å². The second kappa shape index (κ2) is 6.96. The summed E-state index contributed by atoms with van der Waals surface area (Å²) in [7, 11) is 0. The Hall–Kier alpha value is -2.84. The van der Waals surface area contributed by atoms with Gasteiger partial charge in [-0.05, 0) is 42.0 Å². The van der Waals surface area contributed by atoms with E-state index in [0.717, 1.165) is 24.6 Å². The molecule has 1 N–H and O–H groups in total. The van der Waals surface area contributed by atoms with Crippen molar-refractivity contribution >= 4 is 11.9 Å². The summed E-state index contributed by atoms with van der Waals surface area (Å²) in [5, 5.41) is 14.2. The van der Waals surface area contributed by atoms with Crippen molar-refractivity contribution in [1.82, 2.24) is 20.2 Å². The van der Waals surface area contributed by atoms with Crippen molar-refractivity contribution in [1.29, 1.82) is 0 Å². The number of nitrogens with one attached hydrogen (secondary N) is 1. The smallest absolute Gasteiger partial charge is 0.338 e. The summed E-state index contributed by atoms with van der Waals surface area (Å²) < 4.78 is 34.6. The Morgan fingerprint density at radius 3 is 2.88 bits per heavy atom. The standard InChI is InChI=1S/C16H17F2N5O2/c1-3-5-12-13(15(24)25-4-2)14(23-16(19-12)20-21-22-23)10-8-9(17)6-7-11(10)18/h6-8,14H,3-5H2,1-2H3,(H,19,20,22)/t14-/m1/s1. The molecule has 1 aromatic heterocycles. The molecule has 7 nitrogen and oxygen atoms in total. The normalized spacial score (nSPS) is 16.4. The van der Waals surface area contributed by atoms with E-state index in [-0.39, 0.29) is 23.7 Å². The fraction of sp³-hybridized carbons (Fsp3) is 0.375. The van der Waals surface area contributed by atoms with Crippen molar-refractivity contribution in [2.45, 2.75) is 32.7 Å². The molecule has 9 heteroatoms. The number of nitrogens with zero attached hydrogens (tertiary/aromatic N) is 4. The van der Waals surface area contributed by atoms with Crippen LogP contribution in [0.2, 0.25) is 0 Å². The van der Waals surface area contributed by atoms with Crippen molar-refractivity contribution in [3.63, 3.8) is 0 Å². The SMILES string of the molecule is CCCC1=C(C(=O)OCC)[C@@H](c2cc(F)ccc2F)n2nnnc2N1. The van der Waals surface area contributed by atoms with Crippen LogP contribution in [0, 0.1) is 11.6 Å². The Balaban J connectivity index is 2.22. The quantitative estimate of drug-likeness (QED) is 0.836. The molecule has 1 aliphatic heterocycles. The third kappa shape index (κ3) is 3.09. The maximum Gasteiger partial charge on any atom is 0.338 e. The van der Waals surface area contributed by atoms with Crippen LogP contribution < -0.4 is 5.32 Å². The third-order valence-corrected chi connectivity index (χ3v) is 3.85. The summed E-state index contributed by atoms with van der Waals surface area (Å²) in [4.78, 5) is 12.6. The van der Waals surface area contributed by atoms with Crippen LogP contribution in [0.1, 0.15) is 38.3 Å². The zero-order valence-electron chi connectivity index (χ0n) is 13.8. The lowest BCUT2D eigenvalue weighted by atomic mass is 9.93. The van der Waals surface area contributed by atoms with Crippen LogP contribution in [-0.4, -0.2) is 32.8 Å². The average molecular weight is 349 g/mol. The van der Waals surface area contributed by atoms with Gasteiger partial charge >= 0.3 is 5.97 Å². The van der Waals surface area contributed by atoms with Gasteiger partial charge in [-0.15, -0.1) is 0 Å². The summed E-state index contributed by atoms with van der Waals surface area (Å²) >= 11 is 0. The topological polar surface area (TPSA) is 81.9 Å². The molecule has 1 aliphatic rings. The van der Waals surface area contributed by atoms with Crippen LogP contribution in [0.4, 0.5) is 14.7 Å². The van der Waals surface area contributed by atoms with Gasteiger partial charge in [0.1, 0.15) is 17.7 Å². The first kappa shape index (κ1) is 17.0. The molecule has 0 fully saturated rings. The minimum atomic E-state index is -1.01. The summed E-state index contributed by atoms with van der Waals surface area (Å²) in [5.41, 5.74) is 0.677. The van der Waals surface area contributed by atoms with Gasteiger partial charge < -0.3 is 10.1 Å². The van der Waals surface area contributed by atoms with Gasteiger partial charge in [-0.25, -0.2) is 13.6 Å². The number of tetrazole rings is 1. The minimum absolute atomic E-state index is 0.0355. The molecule has 2 heterocycles. The highest BCUT2D eigenvalue weighted by Crippen LogP contribution is 2.37. The first-order valence-electron chi connectivity index (χ1n) is 7.96. The van der Waals surface area contributed by atoms with Crippen LogP contribution in [0.3, 0.4) is 0 Å². The van der Waals surface area contributed by atoms with E-state index in [1.807, 2.05) is 6.92 Å². The van der Waals surface area contributed by atoms with Gasteiger partial charge in [0.15, 0.2) is 0 Å². The predicted molar refractivity (Wildman–Crippen MR) is 84.5 cm³/mol. The van der Waals surface area contributed by atoms with Crippen molar-refractivity contribution in [3.8, 4) is 0 Å². The zero-order chi connectivity index (χ0) is 18.0. The van der Waals surface area contributed by atoms with Gasteiger partial charge in [0.05, 0.1) is 12.2 Å². The van der Waals surface area contributed by atoms with E-state index in [4.69, 9.17) is 4.74 Å². The second-order valence-corrected chi connectivity index (χ2v) is 5.50. The van der Waals surface area contributed by atoms with E-state index >= 15 is 0 Å². The lowest BCUT2D eigenvalue weighted by Gasteiger charge is -2.28. The fourth-order valence-corrected chi connectivity index (χ4v) is 2.84. The van der Waals surface area contributed by atoms with Crippen molar-refractivity contribution in [3.05, 3.63) is 46.7 Å². The fourth-order valence-electron chi connectivity index (χ4n) is 2.84. The molecule has 2 aromatic rings. The van der Waals surface area contributed by atoms with Gasteiger partial charge in [0.25, 0.3) is 0 Å². The highest BCUT2D eigenvalue weighted by atomic mass is 19.1. The molecule has 0 saturated carbocycles. The molecule has 0 amide bonds. The van der Waals surface area contributed by atoms with E-state index in [2.05, 4.69) is 20.8 Å². The molecular formula is C16H17F2N5O2. The molecule has 1 aromatic carbocycles. The monoisotopic (exact) mass is 349 g/mol. The summed E-state index contributed by atoms with van der Waals surface area (Å²) in [6.45, 7) is 3.77. The first-order chi connectivity index (χ1) is 12.1. The summed E-state index contributed by atoms with van der Waals surface area (Å²) in [5.74, 6) is -1.64. The average Bonchev–Trinajstić information content (AvgIpc) is 3.04. The number of hydrogen-bond acceptors (Lipinski definition) is 6. The predicted octanol–water partition coefficient (Wildman–Crippen LogP) is 2.58. The number of ether oxygens (including phenoxy) is 1. The lowest BCUT2D eigenvalue weighted by Crippen LogP contribution is -2.31. The number of anilines is 1. The van der Waals surface area contributed by atoms with E-state index in [9.17, 15) is 13.6 Å². The zero-order valence-corrected chi connectivity index (χ0v) is 13.8. The van der Waals surface area contributed by atoms with Crippen LogP contribution in [0.25, 0.3) is 0 Å². The number of hydrogen-bond donors (Lipinski definition) is 1. The molecule has 0 aliphatic carbocycles. The van der Waals surface area contributed by atoms with Gasteiger partial charge in [0, 0.05) is 11.3 Å². The molecule has 132 valence electrons. The number of fused-ring (bicyclic) bond motifs is 1. The number of carbonyl (C=O) groups is 1. The summed E-state index contributed by atoms with van der Waals surface area (Å²) in [6.07, 6.45) is 1.24. The Labute approximate surface area is 142 Å². The minimum Gasteiger partial charge on any atom is -0.463 e. The number of carbonyl (C=O) groups excluding carboxylic acids is 1. The van der Waals surface area contributed by atoms with Gasteiger partial charge in [-0.1, -0.05) is 18.4 Å². The van der Waals surface area contributed by atoms with Gasteiger partial charge in [0.2, 0.25) is 5.95 Å². The van der Waals surface area contributed by atoms with Crippen molar-refractivity contribution in [2.75, 3.05) is 11.9 Å². The third-order valence-electron chi connectivity index (χ3n) is 3.85. The van der Waals surface area contributed by atoms with Gasteiger partial charge in [-0.3, -0.25) is 0 Å². The number of aromatic nitrogens is 4. The maximum absolute atomic E-state index is 14.4. The Morgan fingerprint density at radius 2 is 2.16 bits per heavy atom. The number of benzene rings is 1. The number of rotatable bonds is 5. The van der Waals surface area contributed by atoms with Crippen LogP contribution >= 0.6 is 0 Å². The van der Waals surface area contributed by atoms with Crippen molar-refractivity contribution < 1.29 is 18.3 Å². The molecule has 0 unspecified atom stereocenters. The Kier molecular flexibility index (Phi) is 4.73. The molecule has 1 atom stereocenters. The van der Waals surface area contributed by atoms with E-state index < -0.39 is 23.6 Å². The Bertz CT molecular complexity index is 834. The summed E-state index contributed by atoms with van der Waals surface area (Å²) in [6, 6.07) is 2.06.